The van der Waals surface area contributed by atoms with Crippen molar-refractivity contribution in [2.75, 3.05) is 17.2 Å². The number of nitrogens with two attached hydrogens (primary N) is 1. The van der Waals surface area contributed by atoms with Gasteiger partial charge in [-0.25, -0.2) is 4.79 Å². The van der Waals surface area contributed by atoms with Crippen molar-refractivity contribution in [3.8, 4) is 5.69 Å². The minimum Gasteiger partial charge on any atom is -0.383 e. The molecule has 0 fully saturated rings. The van der Waals surface area contributed by atoms with Crippen molar-refractivity contribution in [2.24, 2.45) is 0 Å². The summed E-state index contributed by atoms with van der Waals surface area (Å²) in [6.45, 7) is 9.84. The zero-order valence-electron chi connectivity index (χ0n) is 19.1. The number of aromatic amines is 1. The Morgan fingerprint density at radius 1 is 1.16 bits per heavy atom. The van der Waals surface area contributed by atoms with E-state index in [-0.39, 0.29) is 23.7 Å². The molecule has 2 heterocycles. The minimum atomic E-state index is -0.713. The molecular weight excluding hydrogens is 410 g/mol. The topological polar surface area (TPSA) is 132 Å². The van der Waals surface area contributed by atoms with Crippen molar-refractivity contribution >= 4 is 17.4 Å². The Morgan fingerprint density at radius 3 is 2.50 bits per heavy atom. The Kier molecular flexibility index (Phi) is 6.61. The molecule has 0 radical (unpaired) electrons. The molecule has 0 aliphatic heterocycles. The van der Waals surface area contributed by atoms with Gasteiger partial charge in [-0.2, -0.15) is 9.90 Å². The highest BCUT2D eigenvalue weighted by molar-refractivity contribution is 6.06. The number of hydrogen-bond donors (Lipinski definition) is 2. The summed E-state index contributed by atoms with van der Waals surface area (Å²) in [6.07, 6.45) is 1.55. The summed E-state index contributed by atoms with van der Waals surface area (Å²) in [4.78, 5) is 43.2. The van der Waals surface area contributed by atoms with E-state index in [0.717, 1.165) is 23.2 Å². The second-order valence-electron chi connectivity index (χ2n) is 7.76. The Morgan fingerprint density at radius 2 is 1.88 bits per heavy atom. The van der Waals surface area contributed by atoms with Crippen LogP contribution in [0.2, 0.25) is 0 Å². The van der Waals surface area contributed by atoms with Crippen molar-refractivity contribution in [3.05, 3.63) is 61.6 Å². The van der Waals surface area contributed by atoms with Gasteiger partial charge in [-0.3, -0.25) is 24.0 Å². The number of amides is 1. The van der Waals surface area contributed by atoms with E-state index in [9.17, 15) is 14.4 Å². The van der Waals surface area contributed by atoms with E-state index in [1.807, 2.05) is 39.0 Å². The molecule has 0 unspecified atom stereocenters. The summed E-state index contributed by atoms with van der Waals surface area (Å²) < 4.78 is 1.29. The molecule has 3 rings (SSSR count). The fraction of sp³-hybridized carbons (Fsp3) is 0.409. The molecule has 2 aromatic heterocycles. The van der Waals surface area contributed by atoms with Gasteiger partial charge in [0.05, 0.1) is 11.4 Å². The van der Waals surface area contributed by atoms with E-state index >= 15 is 0 Å². The van der Waals surface area contributed by atoms with Crippen molar-refractivity contribution < 1.29 is 4.79 Å². The highest BCUT2D eigenvalue weighted by Crippen LogP contribution is 2.21. The Balaban J connectivity index is 2.06. The first kappa shape index (κ1) is 23.0. The second kappa shape index (κ2) is 9.21. The lowest BCUT2D eigenvalue weighted by Crippen LogP contribution is -2.41. The Bertz CT molecular complexity index is 1270. The van der Waals surface area contributed by atoms with Crippen molar-refractivity contribution in [1.82, 2.24) is 24.5 Å². The average molecular weight is 440 g/mol. The molecule has 10 nitrogen and oxygen atoms in total. The maximum atomic E-state index is 13.4. The monoisotopic (exact) mass is 439 g/mol. The van der Waals surface area contributed by atoms with Crippen molar-refractivity contribution in [3.63, 3.8) is 0 Å². The number of nitrogens with zero attached hydrogens (tertiary/aromatic N) is 5. The quantitative estimate of drug-likeness (QED) is 0.579. The van der Waals surface area contributed by atoms with Crippen LogP contribution in [0.5, 0.6) is 0 Å². The van der Waals surface area contributed by atoms with Crippen LogP contribution in [-0.2, 0) is 6.54 Å². The van der Waals surface area contributed by atoms with Crippen LogP contribution >= 0.6 is 0 Å². The maximum absolute atomic E-state index is 13.4. The number of anilines is 2. The standard InChI is InChI=1S/C22H29N7O3/c1-6-8-11-28-19(23)18(20(30)24-22(28)32)27(7-2)21(31)17-15(5)25-29(26-17)16-10-9-13(3)12-14(16)4/h9-10,12H,6-8,11,23H2,1-5H3,(H,24,30,32). The van der Waals surface area contributed by atoms with E-state index in [1.165, 1.54) is 14.3 Å². The fourth-order valence-electron chi connectivity index (χ4n) is 3.62. The predicted octanol–water partition coefficient (Wildman–Crippen LogP) is 2.09. The highest BCUT2D eigenvalue weighted by Gasteiger charge is 2.28. The molecule has 32 heavy (non-hydrogen) atoms. The Labute approximate surface area is 185 Å². The van der Waals surface area contributed by atoms with E-state index in [2.05, 4.69) is 15.2 Å². The zero-order chi connectivity index (χ0) is 23.6. The first-order chi connectivity index (χ1) is 15.2. The molecule has 1 aromatic carbocycles. The van der Waals surface area contributed by atoms with Crippen LogP contribution in [0, 0.1) is 20.8 Å². The highest BCUT2D eigenvalue weighted by atomic mass is 16.2. The fourth-order valence-corrected chi connectivity index (χ4v) is 3.62. The molecule has 3 N–H and O–H groups in total. The molecule has 3 aromatic rings. The normalized spacial score (nSPS) is 11.0. The van der Waals surface area contributed by atoms with E-state index in [0.29, 0.717) is 18.7 Å². The number of unbranched alkanes of at least 4 members (excludes halogenated alkanes) is 1. The first-order valence-corrected chi connectivity index (χ1v) is 10.7. The maximum Gasteiger partial charge on any atom is 0.330 e. The van der Waals surface area contributed by atoms with Crippen LogP contribution in [0.4, 0.5) is 11.5 Å². The van der Waals surface area contributed by atoms with Gasteiger partial charge in [-0.15, -0.1) is 5.10 Å². The second-order valence-corrected chi connectivity index (χ2v) is 7.76. The number of nitrogen functional groups attached to an aromatic ring is 1. The van der Waals surface area contributed by atoms with Gasteiger partial charge in [0.15, 0.2) is 11.4 Å². The van der Waals surface area contributed by atoms with Crippen molar-refractivity contribution in [1.29, 1.82) is 0 Å². The number of hydrogen-bond acceptors (Lipinski definition) is 6. The lowest BCUT2D eigenvalue weighted by Gasteiger charge is -2.22. The molecule has 10 heteroatoms. The van der Waals surface area contributed by atoms with Crippen LogP contribution in [-0.4, -0.2) is 37.0 Å². The molecule has 0 spiro atoms. The molecule has 0 aliphatic carbocycles. The van der Waals surface area contributed by atoms with Crippen LogP contribution < -0.4 is 21.9 Å². The van der Waals surface area contributed by atoms with Crippen molar-refractivity contribution in [2.45, 2.75) is 54.0 Å². The van der Waals surface area contributed by atoms with Crippen LogP contribution in [0.15, 0.2) is 27.8 Å². The van der Waals surface area contributed by atoms with Gasteiger partial charge < -0.3 is 5.73 Å². The lowest BCUT2D eigenvalue weighted by molar-refractivity contribution is 0.0982. The van der Waals surface area contributed by atoms with Crippen LogP contribution in [0.3, 0.4) is 0 Å². The Hall–Kier alpha value is -3.69. The van der Waals surface area contributed by atoms with Gasteiger partial charge in [-0.1, -0.05) is 31.0 Å². The first-order valence-electron chi connectivity index (χ1n) is 10.7. The smallest absolute Gasteiger partial charge is 0.330 e. The summed E-state index contributed by atoms with van der Waals surface area (Å²) in [7, 11) is 0. The third-order valence-corrected chi connectivity index (χ3v) is 5.33. The number of H-pyrrole nitrogens is 1. The molecule has 0 bridgehead atoms. The summed E-state index contributed by atoms with van der Waals surface area (Å²) >= 11 is 0. The number of benzene rings is 1. The molecule has 0 saturated carbocycles. The lowest BCUT2D eigenvalue weighted by atomic mass is 10.1. The van der Waals surface area contributed by atoms with Gasteiger partial charge in [0, 0.05) is 13.1 Å². The molecule has 0 aliphatic rings. The predicted molar refractivity (Wildman–Crippen MR) is 124 cm³/mol. The van der Waals surface area contributed by atoms with E-state index in [4.69, 9.17) is 5.73 Å². The molecule has 0 saturated heterocycles. The zero-order valence-corrected chi connectivity index (χ0v) is 19.1. The average Bonchev–Trinajstić information content (AvgIpc) is 3.11. The largest absolute Gasteiger partial charge is 0.383 e. The summed E-state index contributed by atoms with van der Waals surface area (Å²) in [5.74, 6) is -0.555. The third-order valence-electron chi connectivity index (χ3n) is 5.33. The van der Waals surface area contributed by atoms with Gasteiger partial charge in [-0.05, 0) is 45.7 Å². The molecule has 0 atom stereocenters. The van der Waals surface area contributed by atoms with E-state index < -0.39 is 17.2 Å². The third kappa shape index (κ3) is 4.20. The van der Waals surface area contributed by atoms with Crippen LogP contribution in [0.25, 0.3) is 5.69 Å². The van der Waals surface area contributed by atoms with Gasteiger partial charge in [0.1, 0.15) is 5.82 Å². The SMILES string of the molecule is CCCCn1c(N)c(N(CC)C(=O)c2nn(-c3ccc(C)cc3C)nc2C)c(=O)[nH]c1=O. The molecule has 170 valence electrons. The van der Waals surface area contributed by atoms with E-state index in [1.54, 1.807) is 13.8 Å². The number of carbonyl (C=O) groups is 1. The number of carbonyl (C=O) groups excluding carboxylic acids is 1. The number of nitrogens with one attached hydrogen (secondary N) is 1. The number of aromatic nitrogens is 5. The number of aryl methyl sites for hydroxylation is 3. The van der Waals surface area contributed by atoms with Gasteiger partial charge in [0.25, 0.3) is 11.5 Å². The number of rotatable bonds is 7. The molecular formula is C22H29N7O3. The summed E-state index contributed by atoms with van der Waals surface area (Å²) in [5.41, 5.74) is 8.19. The van der Waals surface area contributed by atoms with Gasteiger partial charge in [0.2, 0.25) is 0 Å². The minimum absolute atomic E-state index is 0.0400. The van der Waals surface area contributed by atoms with Crippen LogP contribution in [0.1, 0.15) is 54.0 Å². The summed E-state index contributed by atoms with van der Waals surface area (Å²) in [5, 5.41) is 8.81. The van der Waals surface area contributed by atoms with Gasteiger partial charge >= 0.3 is 5.69 Å². The summed E-state index contributed by atoms with van der Waals surface area (Å²) in [6, 6.07) is 5.84. The molecule has 1 amide bonds.